The quantitative estimate of drug-likeness (QED) is 0.824. The number of benzene rings is 2. The standard InChI is InChI=1S/C23H30N2O2/c1-24-13-10-19-6-9-21(27-3)16-22(19)23(24)11-14-25(15-12-23)17-18-4-7-20(26-2)8-5-18/h4-9,16H,10-15,17H2,1-3H3. The van der Waals surface area contributed by atoms with Gasteiger partial charge >= 0.3 is 0 Å². The van der Waals surface area contributed by atoms with Crippen LogP contribution in [0.3, 0.4) is 0 Å². The lowest BCUT2D eigenvalue weighted by Gasteiger charge is -2.51. The second-order valence-electron chi connectivity index (χ2n) is 7.85. The van der Waals surface area contributed by atoms with Crippen LogP contribution in [0.4, 0.5) is 0 Å². The third kappa shape index (κ3) is 3.44. The second kappa shape index (κ2) is 7.53. The molecule has 0 saturated carbocycles. The Hall–Kier alpha value is -2.04. The van der Waals surface area contributed by atoms with E-state index in [1.54, 1.807) is 14.2 Å². The molecular formula is C23H30N2O2. The lowest BCUT2D eigenvalue weighted by molar-refractivity contribution is 0.0253. The van der Waals surface area contributed by atoms with Crippen molar-refractivity contribution in [1.82, 2.24) is 9.80 Å². The normalized spacial score (nSPS) is 19.7. The maximum Gasteiger partial charge on any atom is 0.119 e. The van der Waals surface area contributed by atoms with Crippen molar-refractivity contribution in [2.24, 2.45) is 0 Å². The van der Waals surface area contributed by atoms with Gasteiger partial charge in [-0.3, -0.25) is 9.80 Å². The van der Waals surface area contributed by atoms with Gasteiger partial charge in [-0.05, 0) is 67.3 Å². The van der Waals surface area contributed by atoms with E-state index < -0.39 is 0 Å². The Morgan fingerprint density at radius 2 is 1.56 bits per heavy atom. The summed E-state index contributed by atoms with van der Waals surface area (Å²) in [6, 6.07) is 15.1. The molecule has 0 aliphatic carbocycles. The van der Waals surface area contributed by atoms with Gasteiger partial charge in [-0.15, -0.1) is 0 Å². The third-order valence-electron chi connectivity index (χ3n) is 6.51. The molecule has 27 heavy (non-hydrogen) atoms. The van der Waals surface area contributed by atoms with Gasteiger partial charge in [0, 0.05) is 31.7 Å². The summed E-state index contributed by atoms with van der Waals surface area (Å²) in [6.07, 6.45) is 3.47. The molecule has 0 radical (unpaired) electrons. The molecule has 4 nitrogen and oxygen atoms in total. The molecule has 2 aliphatic rings. The van der Waals surface area contributed by atoms with Gasteiger partial charge in [0.15, 0.2) is 0 Å². The van der Waals surface area contributed by atoms with Crippen molar-refractivity contribution >= 4 is 0 Å². The van der Waals surface area contributed by atoms with Crippen LogP contribution in [0.25, 0.3) is 0 Å². The van der Waals surface area contributed by atoms with Gasteiger partial charge in [0.1, 0.15) is 11.5 Å². The topological polar surface area (TPSA) is 24.9 Å². The molecule has 2 heterocycles. The molecule has 1 saturated heterocycles. The predicted octanol–water partition coefficient (Wildman–Crippen LogP) is 3.68. The van der Waals surface area contributed by atoms with Crippen molar-refractivity contribution in [3.63, 3.8) is 0 Å². The molecule has 4 rings (SSSR count). The molecule has 0 aromatic heterocycles. The first-order valence-corrected chi connectivity index (χ1v) is 9.88. The van der Waals surface area contributed by atoms with E-state index in [0.717, 1.165) is 44.1 Å². The zero-order valence-electron chi connectivity index (χ0n) is 16.7. The molecule has 0 atom stereocenters. The molecule has 2 aliphatic heterocycles. The smallest absolute Gasteiger partial charge is 0.119 e. The molecule has 0 amide bonds. The Kier molecular flexibility index (Phi) is 5.11. The number of hydrogen-bond donors (Lipinski definition) is 0. The zero-order valence-corrected chi connectivity index (χ0v) is 16.7. The van der Waals surface area contributed by atoms with E-state index >= 15 is 0 Å². The first kappa shape index (κ1) is 18.3. The minimum absolute atomic E-state index is 0.151. The van der Waals surface area contributed by atoms with E-state index in [4.69, 9.17) is 9.47 Å². The van der Waals surface area contributed by atoms with Crippen molar-refractivity contribution in [2.75, 3.05) is 40.9 Å². The molecule has 0 N–H and O–H groups in total. The van der Waals surface area contributed by atoms with Crippen LogP contribution in [-0.4, -0.2) is 50.7 Å². The van der Waals surface area contributed by atoms with Crippen molar-refractivity contribution in [3.05, 3.63) is 59.2 Å². The SMILES string of the molecule is COc1ccc(CN2CCC3(CC2)c2cc(OC)ccc2CCN3C)cc1. The Morgan fingerprint density at radius 1 is 0.889 bits per heavy atom. The minimum Gasteiger partial charge on any atom is -0.497 e. The lowest BCUT2D eigenvalue weighted by Crippen LogP contribution is -2.54. The van der Waals surface area contributed by atoms with E-state index in [1.165, 1.54) is 29.5 Å². The number of hydrogen-bond acceptors (Lipinski definition) is 4. The minimum atomic E-state index is 0.151. The van der Waals surface area contributed by atoms with E-state index in [0.29, 0.717) is 0 Å². The highest BCUT2D eigenvalue weighted by Gasteiger charge is 2.43. The van der Waals surface area contributed by atoms with Crippen LogP contribution in [0.5, 0.6) is 11.5 Å². The fourth-order valence-corrected chi connectivity index (χ4v) is 4.76. The third-order valence-corrected chi connectivity index (χ3v) is 6.51. The summed E-state index contributed by atoms with van der Waals surface area (Å²) < 4.78 is 10.8. The van der Waals surface area contributed by atoms with Crippen LogP contribution in [-0.2, 0) is 18.5 Å². The van der Waals surface area contributed by atoms with Crippen LogP contribution >= 0.6 is 0 Å². The lowest BCUT2D eigenvalue weighted by atomic mass is 9.74. The van der Waals surface area contributed by atoms with Crippen LogP contribution in [0.1, 0.15) is 29.5 Å². The predicted molar refractivity (Wildman–Crippen MR) is 109 cm³/mol. The Morgan fingerprint density at radius 3 is 2.22 bits per heavy atom. The highest BCUT2D eigenvalue weighted by Crippen LogP contribution is 2.44. The fourth-order valence-electron chi connectivity index (χ4n) is 4.76. The largest absolute Gasteiger partial charge is 0.497 e. The highest BCUT2D eigenvalue weighted by molar-refractivity contribution is 5.42. The summed E-state index contributed by atoms with van der Waals surface area (Å²) in [5, 5.41) is 0. The summed E-state index contributed by atoms with van der Waals surface area (Å²) in [5.41, 5.74) is 4.49. The molecule has 0 bridgehead atoms. The van der Waals surface area contributed by atoms with Gasteiger partial charge in [0.05, 0.1) is 14.2 Å². The average molecular weight is 367 g/mol. The Balaban J connectivity index is 1.50. The molecule has 1 spiro atoms. The van der Waals surface area contributed by atoms with Crippen molar-refractivity contribution in [2.45, 2.75) is 31.3 Å². The Bertz CT molecular complexity index is 779. The number of methoxy groups -OCH3 is 2. The molecule has 4 heteroatoms. The zero-order chi connectivity index (χ0) is 18.9. The summed E-state index contributed by atoms with van der Waals surface area (Å²) in [5.74, 6) is 1.90. The number of rotatable bonds is 4. The second-order valence-corrected chi connectivity index (χ2v) is 7.85. The van der Waals surface area contributed by atoms with Crippen molar-refractivity contribution in [3.8, 4) is 11.5 Å². The number of likely N-dealkylation sites (N-methyl/N-ethyl adjacent to an activating group) is 1. The average Bonchev–Trinajstić information content (AvgIpc) is 2.72. The van der Waals surface area contributed by atoms with Gasteiger partial charge in [-0.25, -0.2) is 0 Å². The summed E-state index contributed by atoms with van der Waals surface area (Å²) in [4.78, 5) is 5.16. The van der Waals surface area contributed by atoms with Crippen LogP contribution in [0.2, 0.25) is 0 Å². The van der Waals surface area contributed by atoms with Crippen LogP contribution < -0.4 is 9.47 Å². The van der Waals surface area contributed by atoms with Crippen molar-refractivity contribution < 1.29 is 9.47 Å². The molecular weight excluding hydrogens is 336 g/mol. The summed E-state index contributed by atoms with van der Waals surface area (Å²) in [7, 11) is 5.77. The van der Waals surface area contributed by atoms with Crippen molar-refractivity contribution in [1.29, 1.82) is 0 Å². The first-order valence-electron chi connectivity index (χ1n) is 9.88. The van der Waals surface area contributed by atoms with Gasteiger partial charge < -0.3 is 9.47 Å². The van der Waals surface area contributed by atoms with E-state index in [2.05, 4.69) is 59.3 Å². The number of likely N-dealkylation sites (tertiary alicyclic amines) is 1. The van der Waals surface area contributed by atoms with Gasteiger partial charge in [-0.1, -0.05) is 18.2 Å². The molecule has 1 fully saturated rings. The number of ether oxygens (including phenoxy) is 2. The maximum absolute atomic E-state index is 5.53. The van der Waals surface area contributed by atoms with E-state index in [9.17, 15) is 0 Å². The van der Waals surface area contributed by atoms with Crippen LogP contribution in [0, 0.1) is 0 Å². The van der Waals surface area contributed by atoms with Crippen LogP contribution in [0.15, 0.2) is 42.5 Å². The van der Waals surface area contributed by atoms with Gasteiger partial charge in [0.2, 0.25) is 0 Å². The Labute approximate surface area is 162 Å². The highest BCUT2D eigenvalue weighted by atomic mass is 16.5. The molecule has 0 unspecified atom stereocenters. The van der Waals surface area contributed by atoms with E-state index in [1.807, 2.05) is 0 Å². The number of piperidine rings is 1. The van der Waals surface area contributed by atoms with Gasteiger partial charge in [-0.2, -0.15) is 0 Å². The first-order chi connectivity index (χ1) is 13.1. The molecule has 2 aromatic rings. The monoisotopic (exact) mass is 366 g/mol. The van der Waals surface area contributed by atoms with E-state index in [-0.39, 0.29) is 5.54 Å². The van der Waals surface area contributed by atoms with Gasteiger partial charge in [0.25, 0.3) is 0 Å². The molecule has 2 aromatic carbocycles. The summed E-state index contributed by atoms with van der Waals surface area (Å²) in [6.45, 7) is 4.38. The number of fused-ring (bicyclic) bond motifs is 2. The molecule has 144 valence electrons. The maximum atomic E-state index is 5.53. The summed E-state index contributed by atoms with van der Waals surface area (Å²) >= 11 is 0. The number of nitrogens with zero attached hydrogens (tertiary/aromatic N) is 2. The fraction of sp³-hybridized carbons (Fsp3) is 0.478.